The number of aromatic amines is 1. The standard InChI is InChI=1S/C15H15N3O2S/c1-4-20-14(19)11-8(2)17-13-10(11)6-5-9-7-16-15(21-3)18-12(9)13/h5-7,17H,4H2,1-3H3. The Balaban J connectivity index is 2.31. The van der Waals surface area contributed by atoms with Gasteiger partial charge in [0.25, 0.3) is 0 Å². The van der Waals surface area contributed by atoms with Crippen LogP contribution in [-0.2, 0) is 4.74 Å². The number of hydrogen-bond donors (Lipinski definition) is 1. The number of thioether (sulfide) groups is 1. The average molecular weight is 301 g/mol. The van der Waals surface area contributed by atoms with Gasteiger partial charge in [-0.25, -0.2) is 14.8 Å². The molecule has 0 bridgehead atoms. The number of nitrogens with zero attached hydrogens (tertiary/aromatic N) is 2. The summed E-state index contributed by atoms with van der Waals surface area (Å²) in [6.07, 6.45) is 3.74. The van der Waals surface area contributed by atoms with Crippen LogP contribution >= 0.6 is 11.8 Å². The SMILES string of the molecule is CCOC(=O)c1c(C)[nH]c2c1ccc1cnc(SC)nc12. The molecule has 0 aliphatic carbocycles. The van der Waals surface area contributed by atoms with Crippen LogP contribution in [0.3, 0.4) is 0 Å². The molecule has 0 aliphatic rings. The largest absolute Gasteiger partial charge is 0.462 e. The van der Waals surface area contributed by atoms with Crippen molar-refractivity contribution in [3.63, 3.8) is 0 Å². The van der Waals surface area contributed by atoms with E-state index in [4.69, 9.17) is 4.74 Å². The van der Waals surface area contributed by atoms with E-state index in [0.717, 1.165) is 27.5 Å². The molecule has 0 fully saturated rings. The molecule has 0 spiro atoms. The average Bonchev–Trinajstić information content (AvgIpc) is 2.83. The van der Waals surface area contributed by atoms with Crippen LogP contribution in [0.4, 0.5) is 0 Å². The van der Waals surface area contributed by atoms with Crippen LogP contribution in [0.5, 0.6) is 0 Å². The van der Waals surface area contributed by atoms with Gasteiger partial charge >= 0.3 is 5.97 Å². The van der Waals surface area contributed by atoms with E-state index in [2.05, 4.69) is 15.0 Å². The van der Waals surface area contributed by atoms with Crippen molar-refractivity contribution in [3.05, 3.63) is 29.6 Å². The monoisotopic (exact) mass is 301 g/mol. The number of nitrogens with one attached hydrogen (secondary N) is 1. The maximum Gasteiger partial charge on any atom is 0.340 e. The van der Waals surface area contributed by atoms with Crippen LogP contribution in [-0.4, -0.2) is 33.8 Å². The molecule has 0 saturated heterocycles. The summed E-state index contributed by atoms with van der Waals surface area (Å²) < 4.78 is 5.14. The highest BCUT2D eigenvalue weighted by Gasteiger charge is 2.19. The molecule has 5 nitrogen and oxygen atoms in total. The first-order chi connectivity index (χ1) is 10.2. The molecular weight excluding hydrogens is 286 g/mol. The topological polar surface area (TPSA) is 67.9 Å². The Labute approximate surface area is 126 Å². The number of esters is 1. The minimum Gasteiger partial charge on any atom is -0.462 e. The summed E-state index contributed by atoms with van der Waals surface area (Å²) in [6.45, 7) is 4.03. The predicted molar refractivity (Wildman–Crippen MR) is 83.9 cm³/mol. The number of aromatic nitrogens is 3. The number of H-pyrrole nitrogens is 1. The van der Waals surface area contributed by atoms with Gasteiger partial charge in [-0.2, -0.15) is 0 Å². The molecule has 0 unspecified atom stereocenters. The second kappa shape index (κ2) is 5.37. The van der Waals surface area contributed by atoms with Crippen molar-refractivity contribution in [2.45, 2.75) is 19.0 Å². The molecule has 108 valence electrons. The summed E-state index contributed by atoms with van der Waals surface area (Å²) in [7, 11) is 0. The Morgan fingerprint density at radius 3 is 2.95 bits per heavy atom. The lowest BCUT2D eigenvalue weighted by atomic mass is 10.1. The van der Waals surface area contributed by atoms with Gasteiger partial charge in [0.05, 0.1) is 23.2 Å². The zero-order valence-corrected chi connectivity index (χ0v) is 12.9. The molecule has 21 heavy (non-hydrogen) atoms. The second-order valence-electron chi connectivity index (χ2n) is 4.63. The van der Waals surface area contributed by atoms with E-state index in [-0.39, 0.29) is 5.97 Å². The summed E-state index contributed by atoms with van der Waals surface area (Å²) in [5.41, 5.74) is 3.05. The van der Waals surface area contributed by atoms with Crippen LogP contribution in [0, 0.1) is 6.92 Å². The van der Waals surface area contributed by atoms with E-state index in [1.54, 1.807) is 13.1 Å². The van der Waals surface area contributed by atoms with Gasteiger partial charge in [-0.05, 0) is 20.1 Å². The van der Waals surface area contributed by atoms with E-state index in [1.807, 2.05) is 25.3 Å². The fraction of sp³-hybridized carbons (Fsp3) is 0.267. The van der Waals surface area contributed by atoms with Crippen molar-refractivity contribution in [2.75, 3.05) is 12.9 Å². The van der Waals surface area contributed by atoms with E-state index in [9.17, 15) is 4.79 Å². The number of hydrogen-bond acceptors (Lipinski definition) is 5. The smallest absolute Gasteiger partial charge is 0.340 e. The van der Waals surface area contributed by atoms with Gasteiger partial charge in [0.1, 0.15) is 0 Å². The van der Waals surface area contributed by atoms with Gasteiger partial charge < -0.3 is 9.72 Å². The van der Waals surface area contributed by atoms with Crippen LogP contribution in [0.25, 0.3) is 21.8 Å². The van der Waals surface area contributed by atoms with Crippen LogP contribution < -0.4 is 0 Å². The third kappa shape index (κ3) is 2.25. The zero-order chi connectivity index (χ0) is 15.0. The fourth-order valence-electron chi connectivity index (χ4n) is 2.43. The summed E-state index contributed by atoms with van der Waals surface area (Å²) in [5.74, 6) is -0.306. The third-order valence-electron chi connectivity index (χ3n) is 3.35. The molecule has 0 radical (unpaired) electrons. The van der Waals surface area contributed by atoms with Gasteiger partial charge in [-0.15, -0.1) is 0 Å². The van der Waals surface area contributed by atoms with Crippen LogP contribution in [0.1, 0.15) is 23.0 Å². The molecule has 2 aromatic heterocycles. The highest BCUT2D eigenvalue weighted by Crippen LogP contribution is 2.29. The van der Waals surface area contributed by atoms with E-state index < -0.39 is 0 Å². The highest BCUT2D eigenvalue weighted by molar-refractivity contribution is 7.98. The second-order valence-corrected chi connectivity index (χ2v) is 5.40. The van der Waals surface area contributed by atoms with E-state index >= 15 is 0 Å². The summed E-state index contributed by atoms with van der Waals surface area (Å²) >= 11 is 1.49. The number of carbonyl (C=O) groups excluding carboxylic acids is 1. The minimum absolute atomic E-state index is 0.306. The first-order valence-corrected chi connectivity index (χ1v) is 7.87. The Bertz CT molecular complexity index is 842. The van der Waals surface area contributed by atoms with Crippen molar-refractivity contribution in [3.8, 4) is 0 Å². The number of benzene rings is 1. The fourth-order valence-corrected chi connectivity index (χ4v) is 2.77. The van der Waals surface area contributed by atoms with Crippen molar-refractivity contribution >= 4 is 39.5 Å². The number of aryl methyl sites for hydroxylation is 1. The first-order valence-electron chi connectivity index (χ1n) is 6.64. The van der Waals surface area contributed by atoms with Crippen molar-refractivity contribution < 1.29 is 9.53 Å². The lowest BCUT2D eigenvalue weighted by Gasteiger charge is -2.03. The number of carbonyl (C=O) groups is 1. The molecule has 6 heteroatoms. The maximum atomic E-state index is 12.1. The molecule has 2 heterocycles. The van der Waals surface area contributed by atoms with E-state index in [1.165, 1.54) is 11.8 Å². The predicted octanol–water partition coefficient (Wildman–Crippen LogP) is 3.32. The van der Waals surface area contributed by atoms with Crippen LogP contribution in [0.2, 0.25) is 0 Å². The molecule has 3 rings (SSSR count). The molecule has 3 aromatic rings. The molecule has 1 N–H and O–H groups in total. The van der Waals surface area contributed by atoms with Gasteiger partial charge in [0.15, 0.2) is 5.16 Å². The molecule has 0 amide bonds. The Morgan fingerprint density at radius 2 is 2.24 bits per heavy atom. The normalized spacial score (nSPS) is 11.2. The molecule has 0 saturated carbocycles. The van der Waals surface area contributed by atoms with Gasteiger partial charge in [-0.1, -0.05) is 23.9 Å². The first kappa shape index (κ1) is 13.9. The minimum atomic E-state index is -0.306. The van der Waals surface area contributed by atoms with Crippen molar-refractivity contribution in [2.24, 2.45) is 0 Å². The summed E-state index contributed by atoms with van der Waals surface area (Å²) in [4.78, 5) is 24.2. The lowest BCUT2D eigenvalue weighted by Crippen LogP contribution is -2.05. The number of fused-ring (bicyclic) bond motifs is 3. The molecular formula is C15H15N3O2S. The Morgan fingerprint density at radius 1 is 1.43 bits per heavy atom. The quantitative estimate of drug-likeness (QED) is 0.456. The maximum absolute atomic E-state index is 12.1. The number of ether oxygens (including phenoxy) is 1. The lowest BCUT2D eigenvalue weighted by molar-refractivity contribution is 0.0528. The third-order valence-corrected chi connectivity index (χ3v) is 3.91. The molecule has 0 atom stereocenters. The van der Waals surface area contributed by atoms with Gasteiger partial charge in [0, 0.05) is 22.7 Å². The summed E-state index contributed by atoms with van der Waals surface area (Å²) in [5, 5.41) is 2.49. The van der Waals surface area contributed by atoms with Crippen molar-refractivity contribution in [1.29, 1.82) is 0 Å². The molecule has 1 aromatic carbocycles. The number of rotatable bonds is 3. The van der Waals surface area contributed by atoms with E-state index in [0.29, 0.717) is 17.3 Å². The highest BCUT2D eigenvalue weighted by atomic mass is 32.2. The molecule has 0 aliphatic heterocycles. The van der Waals surface area contributed by atoms with Crippen molar-refractivity contribution in [1.82, 2.24) is 15.0 Å². The van der Waals surface area contributed by atoms with Crippen LogP contribution in [0.15, 0.2) is 23.5 Å². The van der Waals surface area contributed by atoms with Gasteiger partial charge in [-0.3, -0.25) is 0 Å². The van der Waals surface area contributed by atoms with Gasteiger partial charge in [0.2, 0.25) is 0 Å². The summed E-state index contributed by atoms with van der Waals surface area (Å²) in [6, 6.07) is 3.84. The Kier molecular flexibility index (Phi) is 3.55. The zero-order valence-electron chi connectivity index (χ0n) is 12.1. The Hall–Kier alpha value is -2.08.